The molecule has 10 atom stereocenters. The summed E-state index contributed by atoms with van der Waals surface area (Å²) in [7, 11) is 6.09. The van der Waals surface area contributed by atoms with Crippen molar-refractivity contribution < 1.29 is 38.7 Å². The third-order valence-corrected chi connectivity index (χ3v) is 15.9. The van der Waals surface area contributed by atoms with E-state index >= 15 is 0 Å². The summed E-state index contributed by atoms with van der Waals surface area (Å²) in [5.41, 5.74) is 9.82. The van der Waals surface area contributed by atoms with E-state index in [4.69, 9.17) is 23.7 Å². The Labute approximate surface area is 364 Å². The van der Waals surface area contributed by atoms with Crippen LogP contribution in [0.5, 0.6) is 23.0 Å². The van der Waals surface area contributed by atoms with Gasteiger partial charge in [0.2, 0.25) is 6.79 Å². The third kappa shape index (κ3) is 6.02. The average molecular weight is 842 g/mol. The van der Waals surface area contributed by atoms with Crippen LogP contribution in [0.3, 0.4) is 0 Å². The second-order valence-corrected chi connectivity index (χ2v) is 19.6. The number of hydrogen-bond acceptors (Lipinski definition) is 11. The number of ketones is 1. The van der Waals surface area contributed by atoms with Crippen LogP contribution in [0.4, 0.5) is 0 Å². The monoisotopic (exact) mass is 841 g/mol. The van der Waals surface area contributed by atoms with Gasteiger partial charge in [0.1, 0.15) is 23.7 Å². The molecule has 0 amide bonds. The van der Waals surface area contributed by atoms with Gasteiger partial charge in [-0.2, -0.15) is 0 Å². The number of aryl methyl sites for hydroxylation is 2. The number of fused-ring (bicyclic) bond motifs is 2. The highest BCUT2D eigenvalue weighted by Crippen LogP contribution is 2.56. The minimum absolute atomic E-state index is 0.0126. The Morgan fingerprint density at radius 1 is 0.758 bits per heavy atom. The molecule has 62 heavy (non-hydrogen) atoms. The number of benzene rings is 3. The summed E-state index contributed by atoms with van der Waals surface area (Å²) in [6, 6.07) is 13.2. The van der Waals surface area contributed by atoms with Gasteiger partial charge in [0.25, 0.3) is 0 Å². The molecule has 3 aromatic rings. The maximum absolute atomic E-state index is 11.8. The van der Waals surface area contributed by atoms with Gasteiger partial charge in [-0.15, -0.1) is 0 Å². The Morgan fingerprint density at radius 2 is 1.40 bits per heavy atom. The molecule has 2 N–H and O–H groups in total. The molecule has 1 fully saturated rings. The molecule has 13 rings (SSSR count). The van der Waals surface area contributed by atoms with E-state index in [2.05, 4.69) is 103 Å². The molecular weight excluding hydrogens is 783 g/mol. The lowest BCUT2D eigenvalue weighted by atomic mass is 9.65. The number of ether oxygens (including phenoxy) is 5. The number of carbonyl (C=O) groups is 1. The SMILES string of the molecule is CO[C@@H]1C=CC23c4cc5c(cc4CN(CC2O)[C@H]3C1)OCO5.Cc1ccc2c3c1O[C@H]1CC(=O)C=C[C@@]31CCN(C)C2.Cc1ccc2c3c1O[C@H]1C[C@@H](O)C=C[C@@]31CCN(C)C2. The summed E-state index contributed by atoms with van der Waals surface area (Å²) >= 11 is 0. The molecule has 1 saturated heterocycles. The molecule has 0 radical (unpaired) electrons. The highest BCUT2D eigenvalue weighted by molar-refractivity contribution is 5.92. The van der Waals surface area contributed by atoms with Crippen LogP contribution < -0.4 is 18.9 Å². The van der Waals surface area contributed by atoms with Crippen molar-refractivity contribution in [3.05, 3.63) is 117 Å². The fourth-order valence-electron chi connectivity index (χ4n) is 12.7. The maximum atomic E-state index is 11.8. The van der Waals surface area contributed by atoms with Crippen molar-refractivity contribution in [3.8, 4) is 23.0 Å². The second kappa shape index (κ2) is 14.8. The summed E-state index contributed by atoms with van der Waals surface area (Å²) in [6.07, 6.45) is 16.0. The maximum Gasteiger partial charge on any atom is 0.231 e. The molecule has 3 aliphatic carbocycles. The van der Waals surface area contributed by atoms with E-state index in [1.54, 1.807) is 13.2 Å². The number of allylic oxidation sites excluding steroid dienone is 1. The first-order valence-electron chi connectivity index (χ1n) is 22.6. The van der Waals surface area contributed by atoms with E-state index < -0.39 is 6.10 Å². The third-order valence-electron chi connectivity index (χ3n) is 15.9. The Hall–Kier alpha value is -4.49. The highest BCUT2D eigenvalue weighted by Gasteiger charge is 2.59. The molecule has 0 saturated carbocycles. The molecule has 11 nitrogen and oxygen atoms in total. The zero-order valence-electron chi connectivity index (χ0n) is 36.6. The Morgan fingerprint density at radius 3 is 2.08 bits per heavy atom. The second-order valence-electron chi connectivity index (χ2n) is 19.6. The lowest BCUT2D eigenvalue weighted by molar-refractivity contribution is -0.117. The van der Waals surface area contributed by atoms with Crippen molar-refractivity contribution in [1.82, 2.24) is 14.7 Å². The molecule has 10 aliphatic rings. The number of rotatable bonds is 1. The van der Waals surface area contributed by atoms with Crippen molar-refractivity contribution >= 4 is 5.78 Å². The largest absolute Gasteiger partial charge is 0.488 e. The molecule has 2 bridgehead atoms. The number of nitrogens with zero attached hydrogens (tertiary/aromatic N) is 3. The average Bonchev–Trinajstić information content (AvgIpc) is 3.96. The number of methoxy groups -OCH3 is 1. The van der Waals surface area contributed by atoms with E-state index in [1.165, 1.54) is 44.5 Å². The lowest BCUT2D eigenvalue weighted by Crippen LogP contribution is -2.52. The van der Waals surface area contributed by atoms with Gasteiger partial charge in [-0.1, -0.05) is 54.6 Å². The predicted octanol–water partition coefficient (Wildman–Crippen LogP) is 5.70. The first kappa shape index (κ1) is 40.3. The normalized spacial score (nSPS) is 35.9. The van der Waals surface area contributed by atoms with Crippen LogP contribution in [0.2, 0.25) is 0 Å². The summed E-state index contributed by atoms with van der Waals surface area (Å²) in [6.45, 7) is 10.1. The van der Waals surface area contributed by atoms with Crippen LogP contribution in [0.15, 0.2) is 72.9 Å². The van der Waals surface area contributed by atoms with E-state index in [9.17, 15) is 15.0 Å². The van der Waals surface area contributed by atoms with Crippen LogP contribution in [0.25, 0.3) is 0 Å². The Kier molecular flexibility index (Phi) is 9.61. The molecule has 3 unspecified atom stereocenters. The molecule has 7 aliphatic heterocycles. The Balaban J connectivity index is 0.000000105. The van der Waals surface area contributed by atoms with Crippen molar-refractivity contribution in [2.75, 3.05) is 47.6 Å². The van der Waals surface area contributed by atoms with Crippen LogP contribution in [0.1, 0.15) is 76.6 Å². The van der Waals surface area contributed by atoms with Gasteiger partial charge in [-0.05, 0) is 112 Å². The fourth-order valence-corrected chi connectivity index (χ4v) is 12.7. The van der Waals surface area contributed by atoms with Gasteiger partial charge in [-0.3, -0.25) is 9.69 Å². The van der Waals surface area contributed by atoms with E-state index in [0.29, 0.717) is 19.4 Å². The van der Waals surface area contributed by atoms with Crippen molar-refractivity contribution in [1.29, 1.82) is 0 Å². The minimum atomic E-state index is -0.395. The van der Waals surface area contributed by atoms with Gasteiger partial charge in [0.15, 0.2) is 17.3 Å². The number of carbonyl (C=O) groups excluding carboxylic acids is 1. The van der Waals surface area contributed by atoms with Crippen LogP contribution in [-0.2, 0) is 45.4 Å². The molecular formula is C51H59N3O8. The highest BCUT2D eigenvalue weighted by atomic mass is 16.7. The van der Waals surface area contributed by atoms with Gasteiger partial charge < -0.3 is 43.7 Å². The van der Waals surface area contributed by atoms with E-state index in [-0.39, 0.29) is 59.3 Å². The zero-order valence-corrected chi connectivity index (χ0v) is 36.6. The zero-order chi connectivity index (χ0) is 42.7. The van der Waals surface area contributed by atoms with Crippen LogP contribution in [-0.4, -0.2) is 115 Å². The molecule has 2 spiro atoms. The van der Waals surface area contributed by atoms with Gasteiger partial charge in [0.05, 0.1) is 34.6 Å². The predicted molar refractivity (Wildman–Crippen MR) is 234 cm³/mol. The molecule has 0 aromatic heterocycles. The molecule has 7 heterocycles. The van der Waals surface area contributed by atoms with Crippen molar-refractivity contribution in [2.45, 2.75) is 118 Å². The van der Waals surface area contributed by atoms with Gasteiger partial charge in [0, 0.05) is 63.3 Å². The number of aliphatic hydroxyl groups excluding tert-OH is 2. The Bertz CT molecular complexity index is 2430. The standard InChI is InChI=1S/C17H19NO4.C17H21NO2.C17H19NO2/c1-20-11-2-3-17-12-6-14-13(21-9-22-14)4-10(12)7-18(8-16(17)19)15(17)5-11;2*1-11-3-4-12-10-18(2)8-7-17-6-5-13(19)9-14(17)20-16(11)15(12)17/h2-4,6,11,15-16,19H,5,7-9H2,1H3;3-6,13-14,19H,7-10H2,1-2H3;3-6,14H,7-10H2,1-2H3/t11-,15+,16?,17?;13-,14-,17-;14-,17-/m100/s1. The van der Waals surface area contributed by atoms with E-state index in [0.717, 1.165) is 75.0 Å². The summed E-state index contributed by atoms with van der Waals surface area (Å²) < 4.78 is 29.1. The molecule has 326 valence electrons. The van der Waals surface area contributed by atoms with Crippen molar-refractivity contribution in [3.63, 3.8) is 0 Å². The summed E-state index contributed by atoms with van der Waals surface area (Å²) in [4.78, 5) is 18.9. The molecule has 3 aromatic carbocycles. The van der Waals surface area contributed by atoms with Gasteiger partial charge >= 0.3 is 0 Å². The first-order chi connectivity index (χ1) is 29.9. The van der Waals surface area contributed by atoms with Gasteiger partial charge in [-0.25, -0.2) is 0 Å². The quantitative estimate of drug-likeness (QED) is 0.295. The molecule has 11 heteroatoms. The first-order valence-corrected chi connectivity index (χ1v) is 22.6. The topological polar surface area (TPSA) is 113 Å². The number of hydrogen-bond donors (Lipinski definition) is 2. The fraction of sp³-hybridized carbons (Fsp3) is 0.510. The van der Waals surface area contributed by atoms with E-state index in [1.807, 2.05) is 6.08 Å². The van der Waals surface area contributed by atoms with Crippen LogP contribution in [0, 0.1) is 13.8 Å². The van der Waals surface area contributed by atoms with Crippen molar-refractivity contribution in [2.24, 2.45) is 0 Å². The smallest absolute Gasteiger partial charge is 0.231 e. The lowest BCUT2D eigenvalue weighted by Gasteiger charge is -2.46. The summed E-state index contributed by atoms with van der Waals surface area (Å²) in [5.74, 6) is 3.90. The van der Waals surface area contributed by atoms with Crippen LogP contribution >= 0.6 is 0 Å². The minimum Gasteiger partial charge on any atom is -0.488 e. The summed E-state index contributed by atoms with van der Waals surface area (Å²) in [5, 5.41) is 20.8. The number of aliphatic hydroxyl groups is 2.